The molecule has 1 rings (SSSR count). The van der Waals surface area contributed by atoms with Crippen molar-refractivity contribution in [1.82, 2.24) is 0 Å². The third kappa shape index (κ3) is 2.83. The largest absolute Gasteiger partial charge is 0.198 e. The lowest BCUT2D eigenvalue weighted by atomic mass is 9.83. The SMILES string of the molecule is CCC(CC)C(C#N)c1cccc(C)c1. The van der Waals surface area contributed by atoms with Crippen molar-refractivity contribution in [3.8, 4) is 6.07 Å². The molecule has 0 aliphatic carbocycles. The summed E-state index contributed by atoms with van der Waals surface area (Å²) in [7, 11) is 0. The molecule has 0 saturated carbocycles. The highest BCUT2D eigenvalue weighted by molar-refractivity contribution is 5.29. The lowest BCUT2D eigenvalue weighted by Gasteiger charge is -2.19. The van der Waals surface area contributed by atoms with Crippen molar-refractivity contribution in [2.75, 3.05) is 0 Å². The van der Waals surface area contributed by atoms with Gasteiger partial charge in [0.05, 0.1) is 12.0 Å². The Kier molecular flexibility index (Phi) is 4.37. The number of hydrogen-bond acceptors (Lipinski definition) is 1. The van der Waals surface area contributed by atoms with E-state index in [9.17, 15) is 5.26 Å². The number of rotatable bonds is 4. The first-order chi connectivity index (χ1) is 7.22. The van der Waals surface area contributed by atoms with Crippen molar-refractivity contribution in [3.63, 3.8) is 0 Å². The number of hydrogen-bond donors (Lipinski definition) is 0. The van der Waals surface area contributed by atoms with Gasteiger partial charge in [-0.25, -0.2) is 0 Å². The van der Waals surface area contributed by atoms with Gasteiger partial charge in [-0.1, -0.05) is 56.5 Å². The molecule has 1 atom stereocenters. The van der Waals surface area contributed by atoms with Crippen LogP contribution in [-0.2, 0) is 0 Å². The van der Waals surface area contributed by atoms with E-state index in [4.69, 9.17) is 0 Å². The maximum atomic E-state index is 9.25. The van der Waals surface area contributed by atoms with Gasteiger partial charge in [-0.3, -0.25) is 0 Å². The lowest BCUT2D eigenvalue weighted by Crippen LogP contribution is -2.09. The van der Waals surface area contributed by atoms with Crippen LogP contribution in [0.3, 0.4) is 0 Å². The zero-order valence-corrected chi connectivity index (χ0v) is 9.83. The molecule has 0 saturated heterocycles. The minimum Gasteiger partial charge on any atom is -0.198 e. The number of aryl methyl sites for hydroxylation is 1. The summed E-state index contributed by atoms with van der Waals surface area (Å²) in [5.41, 5.74) is 2.41. The van der Waals surface area contributed by atoms with Gasteiger partial charge in [0.15, 0.2) is 0 Å². The number of nitriles is 1. The average molecular weight is 201 g/mol. The Labute approximate surface area is 92.7 Å². The summed E-state index contributed by atoms with van der Waals surface area (Å²) in [5.74, 6) is 0.539. The van der Waals surface area contributed by atoms with Crippen molar-refractivity contribution >= 4 is 0 Å². The topological polar surface area (TPSA) is 23.8 Å². The molecule has 0 spiro atoms. The van der Waals surface area contributed by atoms with Crippen LogP contribution in [0.25, 0.3) is 0 Å². The molecular formula is C14H19N. The van der Waals surface area contributed by atoms with Crippen LogP contribution in [0, 0.1) is 24.2 Å². The van der Waals surface area contributed by atoms with E-state index in [-0.39, 0.29) is 5.92 Å². The number of benzene rings is 1. The van der Waals surface area contributed by atoms with Crippen LogP contribution in [0.4, 0.5) is 0 Å². The molecule has 1 unspecified atom stereocenters. The fourth-order valence-electron chi connectivity index (χ4n) is 2.08. The monoisotopic (exact) mass is 201 g/mol. The molecule has 0 radical (unpaired) electrons. The van der Waals surface area contributed by atoms with Gasteiger partial charge in [0.2, 0.25) is 0 Å². The molecule has 0 fully saturated rings. The van der Waals surface area contributed by atoms with Crippen LogP contribution in [0.2, 0.25) is 0 Å². The first kappa shape index (κ1) is 11.8. The fraction of sp³-hybridized carbons (Fsp3) is 0.500. The van der Waals surface area contributed by atoms with Gasteiger partial charge >= 0.3 is 0 Å². The highest BCUT2D eigenvalue weighted by Crippen LogP contribution is 2.29. The maximum absolute atomic E-state index is 9.25. The van der Waals surface area contributed by atoms with E-state index in [1.54, 1.807) is 0 Å². The van der Waals surface area contributed by atoms with E-state index in [1.807, 2.05) is 6.07 Å². The van der Waals surface area contributed by atoms with Gasteiger partial charge in [-0.05, 0) is 18.4 Å². The average Bonchev–Trinajstić information content (AvgIpc) is 2.25. The first-order valence-corrected chi connectivity index (χ1v) is 5.69. The van der Waals surface area contributed by atoms with Gasteiger partial charge in [0.25, 0.3) is 0 Å². The first-order valence-electron chi connectivity index (χ1n) is 5.69. The molecule has 0 N–H and O–H groups in total. The Balaban J connectivity index is 2.97. The zero-order valence-electron chi connectivity index (χ0n) is 9.83. The Morgan fingerprint density at radius 1 is 1.27 bits per heavy atom. The van der Waals surface area contributed by atoms with E-state index in [0.717, 1.165) is 12.8 Å². The van der Waals surface area contributed by atoms with E-state index in [0.29, 0.717) is 5.92 Å². The molecule has 1 aromatic rings. The Morgan fingerprint density at radius 2 is 1.93 bits per heavy atom. The lowest BCUT2D eigenvalue weighted by molar-refractivity contribution is 0.453. The molecule has 1 aromatic carbocycles. The van der Waals surface area contributed by atoms with Gasteiger partial charge in [-0.2, -0.15) is 5.26 Å². The molecule has 0 bridgehead atoms. The van der Waals surface area contributed by atoms with Crippen molar-refractivity contribution < 1.29 is 0 Å². The molecule has 80 valence electrons. The molecule has 15 heavy (non-hydrogen) atoms. The van der Waals surface area contributed by atoms with E-state index in [2.05, 4.69) is 45.0 Å². The molecule has 0 heterocycles. The second-order valence-electron chi connectivity index (χ2n) is 4.10. The Morgan fingerprint density at radius 3 is 2.40 bits per heavy atom. The van der Waals surface area contributed by atoms with E-state index < -0.39 is 0 Å². The Hall–Kier alpha value is -1.29. The maximum Gasteiger partial charge on any atom is 0.0740 e. The van der Waals surface area contributed by atoms with Crippen LogP contribution < -0.4 is 0 Å². The van der Waals surface area contributed by atoms with Gasteiger partial charge in [-0.15, -0.1) is 0 Å². The van der Waals surface area contributed by atoms with Crippen LogP contribution in [0.5, 0.6) is 0 Å². The third-order valence-corrected chi connectivity index (χ3v) is 3.06. The normalized spacial score (nSPS) is 12.5. The van der Waals surface area contributed by atoms with Gasteiger partial charge in [0, 0.05) is 0 Å². The molecular weight excluding hydrogens is 182 g/mol. The second kappa shape index (κ2) is 5.56. The number of nitrogens with zero attached hydrogens (tertiary/aromatic N) is 1. The summed E-state index contributed by atoms with van der Waals surface area (Å²) in [6.45, 7) is 6.40. The Bertz CT molecular complexity index is 345. The van der Waals surface area contributed by atoms with Crippen molar-refractivity contribution in [2.45, 2.75) is 39.5 Å². The summed E-state index contributed by atoms with van der Waals surface area (Å²) in [6, 6.07) is 10.8. The van der Waals surface area contributed by atoms with Gasteiger partial charge in [0.1, 0.15) is 0 Å². The van der Waals surface area contributed by atoms with Crippen LogP contribution in [0.15, 0.2) is 24.3 Å². The smallest absolute Gasteiger partial charge is 0.0740 e. The molecule has 1 nitrogen and oxygen atoms in total. The molecule has 1 heteroatoms. The van der Waals surface area contributed by atoms with Gasteiger partial charge < -0.3 is 0 Å². The standard InChI is InChI=1S/C14H19N/c1-4-12(5-2)14(10-15)13-8-6-7-11(3)9-13/h6-9,12,14H,4-5H2,1-3H3. The van der Waals surface area contributed by atoms with Crippen molar-refractivity contribution in [1.29, 1.82) is 5.26 Å². The predicted molar refractivity (Wildman–Crippen MR) is 63.6 cm³/mol. The highest BCUT2D eigenvalue weighted by Gasteiger charge is 2.19. The molecule has 0 aliphatic rings. The zero-order chi connectivity index (χ0) is 11.3. The predicted octanol–water partition coefficient (Wildman–Crippen LogP) is 4.04. The van der Waals surface area contributed by atoms with Crippen molar-refractivity contribution in [2.24, 2.45) is 5.92 Å². The summed E-state index contributed by atoms with van der Waals surface area (Å²) < 4.78 is 0. The summed E-state index contributed by atoms with van der Waals surface area (Å²) >= 11 is 0. The molecule has 0 aliphatic heterocycles. The summed E-state index contributed by atoms with van der Waals surface area (Å²) in [5, 5.41) is 9.25. The van der Waals surface area contributed by atoms with Crippen molar-refractivity contribution in [3.05, 3.63) is 35.4 Å². The summed E-state index contributed by atoms with van der Waals surface area (Å²) in [6.07, 6.45) is 2.14. The fourth-order valence-corrected chi connectivity index (χ4v) is 2.08. The molecule has 0 amide bonds. The van der Waals surface area contributed by atoms with Crippen LogP contribution in [0.1, 0.15) is 43.7 Å². The van der Waals surface area contributed by atoms with E-state index >= 15 is 0 Å². The van der Waals surface area contributed by atoms with Crippen LogP contribution in [-0.4, -0.2) is 0 Å². The molecule has 0 aromatic heterocycles. The highest BCUT2D eigenvalue weighted by atomic mass is 14.3. The van der Waals surface area contributed by atoms with E-state index in [1.165, 1.54) is 11.1 Å². The summed E-state index contributed by atoms with van der Waals surface area (Å²) in [4.78, 5) is 0. The quantitative estimate of drug-likeness (QED) is 0.721. The van der Waals surface area contributed by atoms with Crippen LogP contribution >= 0.6 is 0 Å². The second-order valence-corrected chi connectivity index (χ2v) is 4.10. The minimum absolute atomic E-state index is 0.0555. The minimum atomic E-state index is 0.0555. The third-order valence-electron chi connectivity index (χ3n) is 3.06.